The van der Waals surface area contributed by atoms with Crippen molar-refractivity contribution in [3.8, 4) is 11.5 Å². The number of hydrogen-bond acceptors (Lipinski definition) is 7. The van der Waals surface area contributed by atoms with Crippen LogP contribution in [0.3, 0.4) is 0 Å². The number of ether oxygens (including phenoxy) is 2. The second-order valence-electron chi connectivity index (χ2n) is 5.61. The van der Waals surface area contributed by atoms with Crippen LogP contribution in [0, 0.1) is 5.82 Å². The maximum atomic E-state index is 13.7. The fourth-order valence-corrected chi connectivity index (χ4v) is 4.15. The molecule has 9 heteroatoms. The maximum absolute atomic E-state index is 13.7. The average Bonchev–Trinajstić information content (AvgIpc) is 3.14. The first kappa shape index (κ1) is 17.7. The molecule has 27 heavy (non-hydrogen) atoms. The van der Waals surface area contributed by atoms with E-state index in [1.165, 1.54) is 29.2 Å². The molecule has 0 saturated heterocycles. The molecule has 0 radical (unpaired) electrons. The Morgan fingerprint density at radius 2 is 1.96 bits per heavy atom. The SMILES string of the molecule is O=C(Nc1nnc(SCc2ccccc2F)s1)[C@H]1COc2ccccc2O1. The molecular formula is C18H14FN3O3S2. The quantitative estimate of drug-likeness (QED) is 0.517. The van der Waals surface area contributed by atoms with Crippen LogP contribution in [0.15, 0.2) is 52.9 Å². The van der Waals surface area contributed by atoms with Crippen LogP contribution in [0.2, 0.25) is 0 Å². The summed E-state index contributed by atoms with van der Waals surface area (Å²) >= 11 is 2.59. The van der Waals surface area contributed by atoms with Gasteiger partial charge in [-0.05, 0) is 23.8 Å². The Bertz CT molecular complexity index is 966. The largest absolute Gasteiger partial charge is 0.485 e. The van der Waals surface area contributed by atoms with Gasteiger partial charge in [0.1, 0.15) is 12.4 Å². The van der Waals surface area contributed by atoms with Crippen molar-refractivity contribution in [1.82, 2.24) is 10.2 Å². The second kappa shape index (κ2) is 7.93. The first-order valence-electron chi connectivity index (χ1n) is 8.08. The van der Waals surface area contributed by atoms with Crippen molar-refractivity contribution in [2.75, 3.05) is 11.9 Å². The Kier molecular flexibility index (Phi) is 5.21. The number of aromatic nitrogens is 2. The molecule has 4 rings (SSSR count). The monoisotopic (exact) mass is 403 g/mol. The molecule has 0 aliphatic carbocycles. The van der Waals surface area contributed by atoms with Gasteiger partial charge in [0.15, 0.2) is 15.8 Å². The Morgan fingerprint density at radius 1 is 1.19 bits per heavy atom. The molecular weight excluding hydrogens is 389 g/mol. The summed E-state index contributed by atoms with van der Waals surface area (Å²) in [4.78, 5) is 12.4. The number of halogens is 1. The highest BCUT2D eigenvalue weighted by atomic mass is 32.2. The fourth-order valence-electron chi connectivity index (χ4n) is 2.41. The standard InChI is InChI=1S/C18H14FN3O3S2/c19-12-6-2-1-5-11(12)10-26-18-22-21-17(27-18)20-16(23)15-9-24-13-7-3-4-8-14(13)25-15/h1-8,15H,9-10H2,(H,20,21,23)/t15-/m1/s1. The molecule has 3 aromatic rings. The molecule has 1 N–H and O–H groups in total. The van der Waals surface area contributed by atoms with Crippen LogP contribution in [-0.2, 0) is 10.5 Å². The third-order valence-electron chi connectivity index (χ3n) is 3.75. The molecule has 1 aromatic heterocycles. The molecule has 0 saturated carbocycles. The van der Waals surface area contributed by atoms with E-state index in [4.69, 9.17) is 9.47 Å². The molecule has 2 aromatic carbocycles. The fraction of sp³-hybridized carbons (Fsp3) is 0.167. The second-order valence-corrected chi connectivity index (χ2v) is 7.81. The summed E-state index contributed by atoms with van der Waals surface area (Å²) in [5.74, 6) is 0.974. The molecule has 138 valence electrons. The van der Waals surface area contributed by atoms with Crippen molar-refractivity contribution >= 4 is 34.1 Å². The number of carbonyl (C=O) groups excluding carboxylic acids is 1. The van der Waals surface area contributed by atoms with Gasteiger partial charge in [-0.1, -0.05) is 53.4 Å². The maximum Gasteiger partial charge on any atom is 0.270 e. The van der Waals surface area contributed by atoms with Crippen molar-refractivity contribution < 1.29 is 18.7 Å². The third kappa shape index (κ3) is 4.20. The van der Waals surface area contributed by atoms with E-state index in [0.717, 1.165) is 0 Å². The first-order valence-corrected chi connectivity index (χ1v) is 9.88. The van der Waals surface area contributed by atoms with Gasteiger partial charge in [0.25, 0.3) is 5.91 Å². The van der Waals surface area contributed by atoms with Crippen LogP contribution in [0.25, 0.3) is 0 Å². The predicted octanol–water partition coefficient (Wildman–Crippen LogP) is 3.75. The van der Waals surface area contributed by atoms with Gasteiger partial charge in [-0.15, -0.1) is 10.2 Å². The highest BCUT2D eigenvalue weighted by Crippen LogP contribution is 2.32. The number of thioether (sulfide) groups is 1. The molecule has 0 unspecified atom stereocenters. The van der Waals surface area contributed by atoms with Gasteiger partial charge in [0.2, 0.25) is 11.2 Å². The Labute approximate surface area is 162 Å². The molecule has 1 aliphatic heterocycles. The van der Waals surface area contributed by atoms with Crippen LogP contribution in [0.1, 0.15) is 5.56 Å². The lowest BCUT2D eigenvalue weighted by atomic mass is 10.2. The first-order chi connectivity index (χ1) is 13.2. The van der Waals surface area contributed by atoms with Crippen LogP contribution < -0.4 is 14.8 Å². The van der Waals surface area contributed by atoms with Crippen molar-refractivity contribution in [2.24, 2.45) is 0 Å². The number of hydrogen-bond donors (Lipinski definition) is 1. The lowest BCUT2D eigenvalue weighted by Gasteiger charge is -2.25. The third-order valence-corrected chi connectivity index (χ3v) is 5.77. The molecule has 0 spiro atoms. The minimum atomic E-state index is -0.765. The molecule has 1 atom stereocenters. The highest BCUT2D eigenvalue weighted by Gasteiger charge is 2.28. The highest BCUT2D eigenvalue weighted by molar-refractivity contribution is 8.00. The van der Waals surface area contributed by atoms with Gasteiger partial charge in [-0.3, -0.25) is 10.1 Å². The summed E-state index contributed by atoms with van der Waals surface area (Å²) in [5, 5.41) is 11.0. The van der Waals surface area contributed by atoms with E-state index >= 15 is 0 Å². The van der Waals surface area contributed by atoms with Gasteiger partial charge in [0.05, 0.1) is 0 Å². The lowest BCUT2D eigenvalue weighted by Crippen LogP contribution is -2.40. The number of nitrogens with zero attached hydrogens (tertiary/aromatic N) is 2. The number of para-hydroxylation sites is 2. The Balaban J connectivity index is 1.34. The van der Waals surface area contributed by atoms with Crippen molar-refractivity contribution in [2.45, 2.75) is 16.2 Å². The van der Waals surface area contributed by atoms with Crippen LogP contribution in [-0.4, -0.2) is 28.8 Å². The number of nitrogens with one attached hydrogen (secondary N) is 1. The van der Waals surface area contributed by atoms with Gasteiger partial charge >= 0.3 is 0 Å². The zero-order valence-corrected chi connectivity index (χ0v) is 15.6. The minimum Gasteiger partial charge on any atom is -0.485 e. The van der Waals surface area contributed by atoms with E-state index in [-0.39, 0.29) is 18.3 Å². The van der Waals surface area contributed by atoms with E-state index in [2.05, 4.69) is 15.5 Å². The number of rotatable bonds is 5. The molecule has 0 bridgehead atoms. The predicted molar refractivity (Wildman–Crippen MR) is 101 cm³/mol. The normalized spacial score (nSPS) is 15.4. The summed E-state index contributed by atoms with van der Waals surface area (Å²) in [5.41, 5.74) is 0.592. The molecule has 2 heterocycles. The summed E-state index contributed by atoms with van der Waals surface area (Å²) in [6, 6.07) is 13.8. The molecule has 1 aliphatic rings. The Morgan fingerprint density at radius 3 is 2.81 bits per heavy atom. The van der Waals surface area contributed by atoms with E-state index < -0.39 is 6.10 Å². The number of fused-ring (bicyclic) bond motifs is 1. The van der Waals surface area contributed by atoms with Gasteiger partial charge in [0, 0.05) is 5.75 Å². The van der Waals surface area contributed by atoms with Gasteiger partial charge in [-0.25, -0.2) is 4.39 Å². The average molecular weight is 403 g/mol. The summed E-state index contributed by atoms with van der Waals surface area (Å²) in [7, 11) is 0. The van der Waals surface area contributed by atoms with E-state index in [1.807, 2.05) is 12.1 Å². The van der Waals surface area contributed by atoms with Gasteiger partial charge in [-0.2, -0.15) is 0 Å². The number of carbonyl (C=O) groups is 1. The minimum absolute atomic E-state index is 0.122. The lowest BCUT2D eigenvalue weighted by molar-refractivity contribution is -0.125. The topological polar surface area (TPSA) is 73.3 Å². The van der Waals surface area contributed by atoms with Crippen LogP contribution >= 0.6 is 23.1 Å². The number of anilines is 1. The summed E-state index contributed by atoms with van der Waals surface area (Å²) in [6.45, 7) is 0.122. The zero-order chi connectivity index (χ0) is 18.6. The smallest absolute Gasteiger partial charge is 0.270 e. The van der Waals surface area contributed by atoms with Crippen molar-refractivity contribution in [3.63, 3.8) is 0 Å². The van der Waals surface area contributed by atoms with E-state index in [1.54, 1.807) is 30.3 Å². The molecule has 6 nitrogen and oxygen atoms in total. The van der Waals surface area contributed by atoms with Crippen LogP contribution in [0.5, 0.6) is 11.5 Å². The summed E-state index contributed by atoms with van der Waals surface area (Å²) in [6.07, 6.45) is -0.765. The van der Waals surface area contributed by atoms with Crippen molar-refractivity contribution in [1.29, 1.82) is 0 Å². The number of amides is 1. The molecule has 1 amide bonds. The Hall–Kier alpha value is -2.65. The molecule has 0 fully saturated rings. The van der Waals surface area contributed by atoms with Gasteiger partial charge < -0.3 is 9.47 Å². The summed E-state index contributed by atoms with van der Waals surface area (Å²) < 4.78 is 25.5. The van der Waals surface area contributed by atoms with E-state index in [9.17, 15) is 9.18 Å². The van der Waals surface area contributed by atoms with Crippen LogP contribution in [0.4, 0.5) is 9.52 Å². The van der Waals surface area contributed by atoms with Crippen molar-refractivity contribution in [3.05, 3.63) is 59.9 Å². The van der Waals surface area contributed by atoms with E-state index in [0.29, 0.717) is 32.3 Å². The number of benzene rings is 2. The zero-order valence-electron chi connectivity index (χ0n) is 13.9.